The van der Waals surface area contributed by atoms with E-state index in [1.807, 2.05) is 23.5 Å². The SMILES string of the molecule is c1ccc(-c2cc(-c3ccccc3)nc(-n3c4cc5ccccc5cc4c4cccc(-c5cccc6c5sc5ccccc56)c43)n2)cc1. The van der Waals surface area contributed by atoms with Gasteiger partial charge < -0.3 is 0 Å². The van der Waals surface area contributed by atoms with Gasteiger partial charge in [-0.1, -0.05) is 140 Å². The van der Waals surface area contributed by atoms with E-state index in [2.05, 4.69) is 156 Å². The molecule has 4 heteroatoms. The highest BCUT2D eigenvalue weighted by molar-refractivity contribution is 7.26. The predicted molar refractivity (Wildman–Crippen MR) is 203 cm³/mol. The summed E-state index contributed by atoms with van der Waals surface area (Å²) in [7, 11) is 0. The molecule has 3 heterocycles. The Morgan fingerprint density at radius 1 is 0.438 bits per heavy atom. The van der Waals surface area contributed by atoms with E-state index < -0.39 is 0 Å². The van der Waals surface area contributed by atoms with E-state index in [-0.39, 0.29) is 0 Å². The molecule has 0 saturated heterocycles. The van der Waals surface area contributed by atoms with Crippen LogP contribution in [-0.4, -0.2) is 14.5 Å². The number of thiophene rings is 1. The van der Waals surface area contributed by atoms with Crippen LogP contribution in [0.15, 0.2) is 164 Å². The summed E-state index contributed by atoms with van der Waals surface area (Å²) in [5.41, 5.74) is 8.47. The maximum Gasteiger partial charge on any atom is 0.235 e. The second-order valence-electron chi connectivity index (χ2n) is 12.2. The third kappa shape index (κ3) is 4.20. The van der Waals surface area contributed by atoms with Gasteiger partial charge in [0.25, 0.3) is 0 Å². The number of hydrogen-bond acceptors (Lipinski definition) is 3. The Bertz CT molecular complexity index is 2770. The second-order valence-corrected chi connectivity index (χ2v) is 13.3. The number of hydrogen-bond donors (Lipinski definition) is 0. The van der Waals surface area contributed by atoms with Gasteiger partial charge in [0.05, 0.1) is 22.4 Å². The summed E-state index contributed by atoms with van der Waals surface area (Å²) in [5, 5.41) is 7.34. The van der Waals surface area contributed by atoms with Crippen molar-refractivity contribution in [2.24, 2.45) is 0 Å². The Kier molecular flexibility index (Phi) is 6.05. The zero-order valence-electron chi connectivity index (χ0n) is 25.8. The van der Waals surface area contributed by atoms with E-state index in [1.165, 1.54) is 52.8 Å². The van der Waals surface area contributed by atoms with Crippen LogP contribution in [0.1, 0.15) is 0 Å². The smallest absolute Gasteiger partial charge is 0.235 e. The lowest BCUT2D eigenvalue weighted by Gasteiger charge is -2.14. The average Bonchev–Trinajstić information content (AvgIpc) is 3.70. The minimum absolute atomic E-state index is 0.654. The topological polar surface area (TPSA) is 30.7 Å². The Labute approximate surface area is 281 Å². The second kappa shape index (κ2) is 10.7. The Hall–Kier alpha value is -6.10. The summed E-state index contributed by atoms with van der Waals surface area (Å²) in [4.78, 5) is 10.7. The van der Waals surface area contributed by atoms with Crippen LogP contribution >= 0.6 is 11.3 Å². The molecule has 10 aromatic rings. The van der Waals surface area contributed by atoms with Gasteiger partial charge in [-0.05, 0) is 35.0 Å². The maximum absolute atomic E-state index is 5.34. The first kappa shape index (κ1) is 27.1. The van der Waals surface area contributed by atoms with Crippen LogP contribution in [0.5, 0.6) is 0 Å². The molecule has 224 valence electrons. The van der Waals surface area contributed by atoms with Gasteiger partial charge in [-0.15, -0.1) is 11.3 Å². The normalized spacial score (nSPS) is 11.8. The Morgan fingerprint density at radius 3 is 1.75 bits per heavy atom. The molecule has 0 N–H and O–H groups in total. The van der Waals surface area contributed by atoms with Crippen molar-refractivity contribution in [3.8, 4) is 39.6 Å². The summed E-state index contributed by atoms with van der Waals surface area (Å²) < 4.78 is 4.89. The van der Waals surface area contributed by atoms with Gasteiger partial charge in [-0.25, -0.2) is 9.97 Å². The quantitative estimate of drug-likeness (QED) is 0.194. The van der Waals surface area contributed by atoms with Crippen molar-refractivity contribution >= 4 is 64.1 Å². The molecule has 3 aromatic heterocycles. The predicted octanol–water partition coefficient (Wildman–Crippen LogP) is 12.1. The number of fused-ring (bicyclic) bond motifs is 7. The first-order valence-corrected chi connectivity index (χ1v) is 17.0. The summed E-state index contributed by atoms with van der Waals surface area (Å²) in [6.07, 6.45) is 0. The molecule has 10 rings (SSSR count). The summed E-state index contributed by atoms with van der Waals surface area (Å²) in [5.74, 6) is 0.654. The molecule has 0 saturated carbocycles. The van der Waals surface area contributed by atoms with Crippen LogP contribution in [0.4, 0.5) is 0 Å². The number of benzene rings is 7. The molecule has 0 unspecified atom stereocenters. The Balaban J connectivity index is 1.36. The van der Waals surface area contributed by atoms with Crippen LogP contribution in [0.2, 0.25) is 0 Å². The Morgan fingerprint density at radius 2 is 1.02 bits per heavy atom. The average molecular weight is 630 g/mol. The third-order valence-corrected chi connectivity index (χ3v) is 10.6. The number of aromatic nitrogens is 3. The lowest BCUT2D eigenvalue weighted by atomic mass is 9.99. The van der Waals surface area contributed by atoms with E-state index in [1.54, 1.807) is 0 Å². The van der Waals surface area contributed by atoms with Crippen LogP contribution in [0.25, 0.3) is 92.3 Å². The van der Waals surface area contributed by atoms with Crippen LogP contribution in [-0.2, 0) is 0 Å². The fourth-order valence-corrected chi connectivity index (χ4v) is 8.41. The number of rotatable bonds is 4. The standard InChI is InChI=1S/C44H27N3S/c1-3-13-28(14-4-1)38-27-39(29-15-5-2-6-16-29)46-44(45-38)47-40-26-31-18-8-7-17-30(31)25-37(40)34-21-11-20-33(42(34)47)36-23-12-22-35-32-19-9-10-24-41(32)48-43(35)36/h1-27H. The number of nitrogens with zero attached hydrogens (tertiary/aromatic N) is 3. The van der Waals surface area contributed by atoms with Crippen LogP contribution < -0.4 is 0 Å². The molecule has 0 aliphatic heterocycles. The lowest BCUT2D eigenvalue weighted by molar-refractivity contribution is 0.996. The highest BCUT2D eigenvalue weighted by atomic mass is 32.1. The van der Waals surface area contributed by atoms with E-state index >= 15 is 0 Å². The molecule has 0 atom stereocenters. The van der Waals surface area contributed by atoms with E-state index in [0.717, 1.165) is 33.5 Å². The molecule has 48 heavy (non-hydrogen) atoms. The van der Waals surface area contributed by atoms with Gasteiger partial charge >= 0.3 is 0 Å². The zero-order valence-corrected chi connectivity index (χ0v) is 26.7. The number of para-hydroxylation sites is 1. The first-order valence-electron chi connectivity index (χ1n) is 16.2. The third-order valence-electron chi connectivity index (χ3n) is 9.40. The van der Waals surface area contributed by atoms with Crippen molar-refractivity contribution in [3.63, 3.8) is 0 Å². The van der Waals surface area contributed by atoms with Crippen LogP contribution in [0, 0.1) is 0 Å². The zero-order chi connectivity index (χ0) is 31.6. The van der Waals surface area contributed by atoms with Gasteiger partial charge in [0.15, 0.2) is 0 Å². The summed E-state index contributed by atoms with van der Waals surface area (Å²) in [6.45, 7) is 0. The fourth-order valence-electron chi connectivity index (χ4n) is 7.18. The van der Waals surface area contributed by atoms with Crippen molar-refractivity contribution in [2.45, 2.75) is 0 Å². The van der Waals surface area contributed by atoms with Gasteiger partial charge in [-0.3, -0.25) is 4.57 Å². The molecule has 3 nitrogen and oxygen atoms in total. The van der Waals surface area contributed by atoms with Crippen molar-refractivity contribution < 1.29 is 0 Å². The van der Waals surface area contributed by atoms with Gasteiger partial charge in [-0.2, -0.15) is 0 Å². The minimum Gasteiger partial charge on any atom is -0.277 e. The van der Waals surface area contributed by atoms with Crippen molar-refractivity contribution in [2.75, 3.05) is 0 Å². The van der Waals surface area contributed by atoms with Gasteiger partial charge in [0, 0.05) is 53.2 Å². The largest absolute Gasteiger partial charge is 0.277 e. The van der Waals surface area contributed by atoms with Crippen molar-refractivity contribution in [1.29, 1.82) is 0 Å². The van der Waals surface area contributed by atoms with E-state index in [9.17, 15) is 0 Å². The molecule has 0 aliphatic rings. The minimum atomic E-state index is 0.654. The first-order chi connectivity index (χ1) is 23.8. The van der Waals surface area contributed by atoms with Gasteiger partial charge in [0.2, 0.25) is 5.95 Å². The highest BCUT2D eigenvalue weighted by Crippen LogP contribution is 2.44. The molecule has 0 aliphatic carbocycles. The van der Waals surface area contributed by atoms with Crippen molar-refractivity contribution in [3.05, 3.63) is 164 Å². The molecule has 0 fully saturated rings. The molecule has 7 aromatic carbocycles. The maximum atomic E-state index is 5.34. The van der Waals surface area contributed by atoms with E-state index in [4.69, 9.17) is 9.97 Å². The van der Waals surface area contributed by atoms with Crippen LogP contribution in [0.3, 0.4) is 0 Å². The summed E-state index contributed by atoms with van der Waals surface area (Å²) >= 11 is 1.86. The monoisotopic (exact) mass is 629 g/mol. The highest BCUT2D eigenvalue weighted by Gasteiger charge is 2.22. The van der Waals surface area contributed by atoms with Gasteiger partial charge in [0.1, 0.15) is 0 Å². The lowest BCUT2D eigenvalue weighted by Crippen LogP contribution is -2.04. The van der Waals surface area contributed by atoms with E-state index in [0.29, 0.717) is 5.95 Å². The molecule has 0 amide bonds. The molecule has 0 spiro atoms. The molecular weight excluding hydrogens is 603 g/mol. The molecular formula is C44H27N3S. The fraction of sp³-hybridized carbons (Fsp3) is 0. The summed E-state index contributed by atoms with van der Waals surface area (Å²) in [6, 6.07) is 58.3. The molecule has 0 bridgehead atoms. The van der Waals surface area contributed by atoms with Crippen molar-refractivity contribution in [1.82, 2.24) is 14.5 Å². The molecule has 0 radical (unpaired) electrons.